The Hall–Kier alpha value is -2.01. The van der Waals surface area contributed by atoms with E-state index in [0.717, 1.165) is 12.1 Å². The van der Waals surface area contributed by atoms with E-state index in [1.165, 1.54) is 31.4 Å². The Morgan fingerprint density at radius 2 is 1.55 bits per heavy atom. The molecule has 0 amide bonds. The molecule has 106 valence electrons. The molecule has 1 unspecified atom stereocenters. The maximum Gasteiger partial charge on any atom is 0.134 e. The Balaban J connectivity index is 2.49. The summed E-state index contributed by atoms with van der Waals surface area (Å²) in [7, 11) is 2.92. The van der Waals surface area contributed by atoms with E-state index in [-0.39, 0.29) is 11.3 Å². The molecule has 2 aromatic carbocycles. The Bertz CT molecular complexity index is 576. The molecule has 0 aromatic heterocycles. The van der Waals surface area contributed by atoms with Crippen LogP contribution in [0.1, 0.15) is 17.2 Å². The Labute approximate surface area is 115 Å². The summed E-state index contributed by atoms with van der Waals surface area (Å²) in [5.41, 5.74) is 0.441. The normalized spacial score (nSPS) is 12.2. The standard InChI is InChI=1S/C15H14F3NO/c1-19-15(9-3-5-10(16)6-4-9)14-12(17)7-11(20-2)8-13(14)18/h3-8,15,19H,1-2H3. The molecule has 0 bridgehead atoms. The molecule has 1 N–H and O–H groups in total. The summed E-state index contributed by atoms with van der Waals surface area (Å²) in [5, 5.41) is 2.83. The van der Waals surface area contributed by atoms with Crippen LogP contribution in [0.5, 0.6) is 5.75 Å². The maximum absolute atomic E-state index is 14.1. The van der Waals surface area contributed by atoms with Gasteiger partial charge in [0.05, 0.1) is 13.2 Å². The van der Waals surface area contributed by atoms with E-state index >= 15 is 0 Å². The summed E-state index contributed by atoms with van der Waals surface area (Å²) in [6.45, 7) is 0. The maximum atomic E-state index is 14.1. The molecule has 0 radical (unpaired) electrons. The van der Waals surface area contributed by atoms with Gasteiger partial charge in [-0.2, -0.15) is 0 Å². The summed E-state index contributed by atoms with van der Waals surface area (Å²) in [5.74, 6) is -1.73. The van der Waals surface area contributed by atoms with Crippen LogP contribution in [0.15, 0.2) is 36.4 Å². The monoisotopic (exact) mass is 281 g/mol. The van der Waals surface area contributed by atoms with Crippen LogP contribution >= 0.6 is 0 Å². The van der Waals surface area contributed by atoms with Crippen molar-refractivity contribution in [3.05, 3.63) is 65.0 Å². The highest BCUT2D eigenvalue weighted by Gasteiger charge is 2.21. The topological polar surface area (TPSA) is 21.3 Å². The molecule has 1 atom stereocenters. The molecule has 0 spiro atoms. The lowest BCUT2D eigenvalue weighted by Crippen LogP contribution is -2.20. The number of ether oxygens (including phenoxy) is 1. The van der Waals surface area contributed by atoms with E-state index in [1.807, 2.05) is 0 Å². The molecule has 0 aliphatic rings. The summed E-state index contributed by atoms with van der Waals surface area (Å²) in [6, 6.07) is 7.00. The zero-order chi connectivity index (χ0) is 14.7. The average Bonchev–Trinajstić information content (AvgIpc) is 2.43. The van der Waals surface area contributed by atoms with Crippen LogP contribution in [-0.2, 0) is 0 Å². The van der Waals surface area contributed by atoms with Gasteiger partial charge < -0.3 is 10.1 Å². The lowest BCUT2D eigenvalue weighted by molar-refractivity contribution is 0.403. The zero-order valence-electron chi connectivity index (χ0n) is 11.1. The fourth-order valence-corrected chi connectivity index (χ4v) is 2.09. The largest absolute Gasteiger partial charge is 0.497 e. The van der Waals surface area contributed by atoms with Crippen LogP contribution in [0.2, 0.25) is 0 Å². The third-order valence-corrected chi connectivity index (χ3v) is 3.07. The highest BCUT2D eigenvalue weighted by atomic mass is 19.1. The first-order valence-electron chi connectivity index (χ1n) is 6.02. The molecule has 0 saturated carbocycles. The van der Waals surface area contributed by atoms with E-state index < -0.39 is 23.5 Å². The van der Waals surface area contributed by atoms with Crippen molar-refractivity contribution in [2.45, 2.75) is 6.04 Å². The SMILES string of the molecule is CNC(c1ccc(F)cc1)c1c(F)cc(OC)cc1F. The Morgan fingerprint density at radius 3 is 2.00 bits per heavy atom. The summed E-state index contributed by atoms with van der Waals surface area (Å²) >= 11 is 0. The fourth-order valence-electron chi connectivity index (χ4n) is 2.09. The number of methoxy groups -OCH3 is 1. The van der Waals surface area contributed by atoms with Crippen molar-refractivity contribution in [2.75, 3.05) is 14.2 Å². The van der Waals surface area contributed by atoms with Gasteiger partial charge in [0, 0.05) is 17.7 Å². The quantitative estimate of drug-likeness (QED) is 0.927. The van der Waals surface area contributed by atoms with Crippen molar-refractivity contribution >= 4 is 0 Å². The zero-order valence-corrected chi connectivity index (χ0v) is 11.1. The van der Waals surface area contributed by atoms with Gasteiger partial charge in [-0.15, -0.1) is 0 Å². The first-order valence-corrected chi connectivity index (χ1v) is 6.02. The summed E-state index contributed by atoms with van der Waals surface area (Å²) in [6.07, 6.45) is 0. The summed E-state index contributed by atoms with van der Waals surface area (Å²) in [4.78, 5) is 0. The van der Waals surface area contributed by atoms with Crippen LogP contribution in [-0.4, -0.2) is 14.2 Å². The molecule has 20 heavy (non-hydrogen) atoms. The van der Waals surface area contributed by atoms with E-state index in [0.29, 0.717) is 5.56 Å². The van der Waals surface area contributed by atoms with Gasteiger partial charge in [0.25, 0.3) is 0 Å². The van der Waals surface area contributed by atoms with Gasteiger partial charge in [-0.1, -0.05) is 12.1 Å². The molecule has 5 heteroatoms. The van der Waals surface area contributed by atoms with Gasteiger partial charge in [-0.25, -0.2) is 13.2 Å². The van der Waals surface area contributed by atoms with E-state index in [9.17, 15) is 13.2 Å². The Kier molecular flexibility index (Phi) is 4.29. The predicted octanol–water partition coefficient (Wildman–Crippen LogP) is 3.42. The third kappa shape index (κ3) is 2.77. The molecule has 2 aromatic rings. The first-order chi connectivity index (χ1) is 9.56. The first kappa shape index (κ1) is 14.4. The smallest absolute Gasteiger partial charge is 0.134 e. The fraction of sp³-hybridized carbons (Fsp3) is 0.200. The second-order valence-corrected chi connectivity index (χ2v) is 4.28. The molecule has 0 saturated heterocycles. The highest BCUT2D eigenvalue weighted by molar-refractivity contribution is 5.38. The number of benzene rings is 2. The molecule has 0 heterocycles. The lowest BCUT2D eigenvalue weighted by Gasteiger charge is -2.19. The minimum atomic E-state index is -0.717. The van der Waals surface area contributed by atoms with Crippen LogP contribution in [0.3, 0.4) is 0 Å². The molecular formula is C15H14F3NO. The van der Waals surface area contributed by atoms with Gasteiger partial charge in [0.15, 0.2) is 0 Å². The van der Waals surface area contributed by atoms with Crippen molar-refractivity contribution in [2.24, 2.45) is 0 Å². The van der Waals surface area contributed by atoms with Gasteiger partial charge in [-0.05, 0) is 24.7 Å². The van der Waals surface area contributed by atoms with Crippen LogP contribution in [0.4, 0.5) is 13.2 Å². The van der Waals surface area contributed by atoms with Crippen molar-refractivity contribution in [1.82, 2.24) is 5.32 Å². The summed E-state index contributed by atoms with van der Waals surface area (Å²) < 4.78 is 45.9. The number of hydrogen-bond donors (Lipinski definition) is 1. The lowest BCUT2D eigenvalue weighted by atomic mass is 9.97. The van der Waals surface area contributed by atoms with Gasteiger partial charge in [0.1, 0.15) is 23.2 Å². The minimum absolute atomic E-state index is 0.109. The molecule has 0 aliphatic heterocycles. The number of hydrogen-bond acceptors (Lipinski definition) is 2. The second kappa shape index (κ2) is 5.96. The van der Waals surface area contributed by atoms with Crippen LogP contribution < -0.4 is 10.1 Å². The van der Waals surface area contributed by atoms with E-state index in [1.54, 1.807) is 7.05 Å². The third-order valence-electron chi connectivity index (χ3n) is 3.07. The van der Waals surface area contributed by atoms with Crippen molar-refractivity contribution in [3.8, 4) is 5.75 Å². The van der Waals surface area contributed by atoms with Crippen molar-refractivity contribution < 1.29 is 17.9 Å². The highest BCUT2D eigenvalue weighted by Crippen LogP contribution is 2.29. The van der Waals surface area contributed by atoms with Gasteiger partial charge >= 0.3 is 0 Å². The van der Waals surface area contributed by atoms with Gasteiger partial charge in [-0.3, -0.25) is 0 Å². The number of nitrogens with one attached hydrogen (secondary N) is 1. The molecule has 2 nitrogen and oxygen atoms in total. The van der Waals surface area contributed by atoms with Crippen LogP contribution in [0.25, 0.3) is 0 Å². The van der Waals surface area contributed by atoms with Crippen molar-refractivity contribution in [1.29, 1.82) is 0 Å². The van der Waals surface area contributed by atoms with E-state index in [2.05, 4.69) is 5.32 Å². The second-order valence-electron chi connectivity index (χ2n) is 4.28. The number of halogens is 3. The van der Waals surface area contributed by atoms with E-state index in [4.69, 9.17) is 4.74 Å². The minimum Gasteiger partial charge on any atom is -0.497 e. The molecule has 2 rings (SSSR count). The van der Waals surface area contributed by atoms with Crippen LogP contribution in [0, 0.1) is 17.5 Å². The van der Waals surface area contributed by atoms with Gasteiger partial charge in [0.2, 0.25) is 0 Å². The molecule has 0 fully saturated rings. The van der Waals surface area contributed by atoms with Crippen molar-refractivity contribution in [3.63, 3.8) is 0 Å². The number of rotatable bonds is 4. The molecule has 0 aliphatic carbocycles. The average molecular weight is 281 g/mol. The predicted molar refractivity (Wildman–Crippen MR) is 70.2 cm³/mol. The molecular weight excluding hydrogens is 267 g/mol. The Morgan fingerprint density at radius 1 is 1.00 bits per heavy atom.